The molecular weight excluding hydrogens is 394 g/mol. The maximum atomic E-state index is 12.2. The van der Waals surface area contributed by atoms with Gasteiger partial charge in [-0.2, -0.15) is 0 Å². The van der Waals surface area contributed by atoms with E-state index in [0.29, 0.717) is 24.6 Å². The van der Waals surface area contributed by atoms with Crippen molar-refractivity contribution in [1.29, 1.82) is 0 Å². The zero-order chi connectivity index (χ0) is 20.1. The van der Waals surface area contributed by atoms with Crippen molar-refractivity contribution in [1.82, 2.24) is 9.88 Å². The third-order valence-corrected chi connectivity index (χ3v) is 6.83. The van der Waals surface area contributed by atoms with Crippen molar-refractivity contribution >= 4 is 40.7 Å². The van der Waals surface area contributed by atoms with Crippen molar-refractivity contribution in [2.24, 2.45) is 0 Å². The lowest BCUT2D eigenvalue weighted by Gasteiger charge is -2.25. The van der Waals surface area contributed by atoms with E-state index in [1.807, 2.05) is 4.90 Å². The maximum absolute atomic E-state index is 12.2. The van der Waals surface area contributed by atoms with Gasteiger partial charge >= 0.3 is 5.97 Å². The molecule has 0 radical (unpaired) electrons. The molecule has 1 aromatic heterocycles. The number of hydrogen-bond acceptors (Lipinski definition) is 6. The van der Waals surface area contributed by atoms with E-state index in [0.717, 1.165) is 23.0 Å². The van der Waals surface area contributed by atoms with Crippen LogP contribution in [0.5, 0.6) is 0 Å². The number of nitrogens with one attached hydrogen (secondary N) is 1. The Hall–Kier alpha value is -2.06. The first-order valence-electron chi connectivity index (χ1n) is 9.39. The summed E-state index contributed by atoms with van der Waals surface area (Å²) in [4.78, 5) is 29.2. The number of amides is 1. The van der Waals surface area contributed by atoms with Gasteiger partial charge < -0.3 is 15.3 Å². The molecule has 28 heavy (non-hydrogen) atoms. The second kappa shape index (κ2) is 9.43. The molecule has 150 valence electrons. The predicted molar refractivity (Wildman–Crippen MR) is 114 cm³/mol. The van der Waals surface area contributed by atoms with Crippen molar-refractivity contribution in [3.63, 3.8) is 0 Å². The third-order valence-electron chi connectivity index (χ3n) is 4.83. The molecule has 0 bridgehead atoms. The van der Waals surface area contributed by atoms with E-state index in [9.17, 15) is 9.59 Å². The summed E-state index contributed by atoms with van der Waals surface area (Å²) < 4.78 is 0.726. The number of thioether (sulfide) groups is 1. The second-order valence-electron chi connectivity index (χ2n) is 7.09. The highest BCUT2D eigenvalue weighted by Gasteiger charge is 2.30. The zero-order valence-electron chi connectivity index (χ0n) is 16.1. The lowest BCUT2D eigenvalue weighted by atomic mass is 10.0. The van der Waals surface area contributed by atoms with Gasteiger partial charge in [0.05, 0.1) is 0 Å². The summed E-state index contributed by atoms with van der Waals surface area (Å²) in [5.41, 5.74) is 2.46. The van der Waals surface area contributed by atoms with E-state index >= 15 is 0 Å². The number of thiazole rings is 1. The number of aromatic nitrogens is 1. The number of likely N-dealkylation sites (tertiary alicyclic amines) is 1. The Morgan fingerprint density at radius 2 is 2.14 bits per heavy atom. The topological polar surface area (TPSA) is 82.5 Å². The molecule has 0 aliphatic carbocycles. The zero-order valence-corrected chi connectivity index (χ0v) is 17.7. The van der Waals surface area contributed by atoms with Crippen LogP contribution < -0.4 is 5.32 Å². The molecule has 1 aromatic carbocycles. The van der Waals surface area contributed by atoms with Gasteiger partial charge in [-0.1, -0.05) is 37.7 Å². The first-order valence-corrected chi connectivity index (χ1v) is 11.3. The van der Waals surface area contributed by atoms with Gasteiger partial charge in [-0.25, -0.2) is 9.78 Å². The largest absolute Gasteiger partial charge is 0.476 e. The van der Waals surface area contributed by atoms with Crippen LogP contribution in [-0.2, 0) is 4.79 Å². The average Bonchev–Trinajstić information content (AvgIpc) is 3.28. The average molecular weight is 420 g/mol. The van der Waals surface area contributed by atoms with Crippen LogP contribution in [0.1, 0.15) is 48.7 Å². The van der Waals surface area contributed by atoms with E-state index in [1.54, 1.807) is 5.38 Å². The number of carboxylic acid groups (broad SMARTS) is 1. The monoisotopic (exact) mass is 419 g/mol. The molecule has 2 aromatic rings. The number of carbonyl (C=O) groups is 2. The minimum Gasteiger partial charge on any atom is -0.476 e. The van der Waals surface area contributed by atoms with Crippen LogP contribution in [0.25, 0.3) is 0 Å². The molecule has 2 heterocycles. The number of benzene rings is 1. The Labute approximate surface area is 173 Å². The summed E-state index contributed by atoms with van der Waals surface area (Å²) in [7, 11) is 0. The number of nitrogens with zero attached hydrogens (tertiary/aromatic N) is 2. The van der Waals surface area contributed by atoms with E-state index in [-0.39, 0.29) is 17.6 Å². The molecule has 2 N–H and O–H groups in total. The normalized spacial score (nSPS) is 16.8. The van der Waals surface area contributed by atoms with E-state index in [1.165, 1.54) is 28.7 Å². The lowest BCUT2D eigenvalue weighted by Crippen LogP contribution is -2.39. The van der Waals surface area contributed by atoms with Crippen molar-refractivity contribution in [3.05, 3.63) is 40.9 Å². The molecule has 6 nitrogen and oxygen atoms in total. The Kier molecular flexibility index (Phi) is 6.96. The minimum atomic E-state index is -1.01. The van der Waals surface area contributed by atoms with E-state index in [4.69, 9.17) is 5.11 Å². The Bertz CT molecular complexity index is 820. The quantitative estimate of drug-likeness (QED) is 0.594. The lowest BCUT2D eigenvalue weighted by molar-refractivity contribution is -0.128. The Morgan fingerprint density at radius 3 is 2.79 bits per heavy atom. The van der Waals surface area contributed by atoms with Crippen LogP contribution in [0.4, 0.5) is 5.69 Å². The van der Waals surface area contributed by atoms with E-state index < -0.39 is 5.97 Å². The SMILES string of the molecule is CC(C)c1ccc(NC[C@H]2CCC(=O)N2CCSc2nc(C(=O)O)cs2)cc1. The fraction of sp³-hybridized carbons (Fsp3) is 0.450. The summed E-state index contributed by atoms with van der Waals surface area (Å²) >= 11 is 2.83. The van der Waals surface area contributed by atoms with Gasteiger partial charge in [0, 0.05) is 42.4 Å². The molecule has 1 aliphatic heterocycles. The molecular formula is C20H25N3O3S2. The number of rotatable bonds is 9. The van der Waals surface area contributed by atoms with Gasteiger partial charge in [0.25, 0.3) is 0 Å². The molecule has 1 atom stereocenters. The standard InChI is InChI=1S/C20H25N3O3S2/c1-13(2)14-3-5-15(6-4-14)21-11-16-7-8-18(24)23(16)9-10-27-20-22-17(12-28-20)19(25)26/h3-6,12-13,16,21H,7-11H2,1-2H3,(H,25,26)/t16-/m1/s1. The van der Waals surface area contributed by atoms with Crippen LogP contribution in [-0.4, -0.2) is 51.8 Å². The first kappa shape index (κ1) is 20.7. The van der Waals surface area contributed by atoms with Crippen molar-refractivity contribution < 1.29 is 14.7 Å². The molecule has 3 rings (SSSR count). The van der Waals surface area contributed by atoms with Crippen LogP contribution in [0.15, 0.2) is 34.0 Å². The minimum absolute atomic E-state index is 0.0790. The number of carboxylic acids is 1. The predicted octanol–water partition coefficient (Wildman–Crippen LogP) is 4.16. The van der Waals surface area contributed by atoms with Gasteiger partial charge in [0.1, 0.15) is 0 Å². The summed E-state index contributed by atoms with van der Waals surface area (Å²) in [5, 5.41) is 13.9. The summed E-state index contributed by atoms with van der Waals surface area (Å²) in [5.74, 6) is 0.398. The Morgan fingerprint density at radius 1 is 1.39 bits per heavy atom. The maximum Gasteiger partial charge on any atom is 0.355 e. The molecule has 1 aliphatic rings. The number of hydrogen-bond donors (Lipinski definition) is 2. The van der Waals surface area contributed by atoms with Gasteiger partial charge in [-0.05, 0) is 30.0 Å². The van der Waals surface area contributed by atoms with Crippen LogP contribution >= 0.6 is 23.1 Å². The summed E-state index contributed by atoms with van der Waals surface area (Å²) in [6.07, 6.45) is 1.45. The molecule has 0 spiro atoms. The highest BCUT2D eigenvalue weighted by molar-refractivity contribution is 8.01. The van der Waals surface area contributed by atoms with Crippen molar-refractivity contribution in [2.75, 3.05) is 24.2 Å². The summed E-state index contributed by atoms with van der Waals surface area (Å²) in [6, 6.07) is 8.65. The first-order chi connectivity index (χ1) is 13.4. The smallest absolute Gasteiger partial charge is 0.355 e. The van der Waals surface area contributed by atoms with Crippen LogP contribution in [0.2, 0.25) is 0 Å². The van der Waals surface area contributed by atoms with Crippen molar-refractivity contribution in [2.45, 2.75) is 43.0 Å². The van der Waals surface area contributed by atoms with Crippen LogP contribution in [0.3, 0.4) is 0 Å². The van der Waals surface area contributed by atoms with Crippen LogP contribution in [0, 0.1) is 0 Å². The number of aromatic carboxylic acids is 1. The van der Waals surface area contributed by atoms with Gasteiger partial charge in [-0.15, -0.1) is 11.3 Å². The molecule has 0 unspecified atom stereocenters. The van der Waals surface area contributed by atoms with Gasteiger partial charge in [0.15, 0.2) is 10.0 Å². The molecule has 8 heteroatoms. The number of anilines is 1. The van der Waals surface area contributed by atoms with Crippen molar-refractivity contribution in [3.8, 4) is 0 Å². The number of carbonyl (C=O) groups excluding carboxylic acids is 1. The van der Waals surface area contributed by atoms with Gasteiger partial charge in [0.2, 0.25) is 5.91 Å². The Balaban J connectivity index is 1.49. The van der Waals surface area contributed by atoms with Gasteiger partial charge in [-0.3, -0.25) is 4.79 Å². The summed E-state index contributed by atoms with van der Waals surface area (Å²) in [6.45, 7) is 5.73. The molecule has 1 saturated heterocycles. The second-order valence-corrected chi connectivity index (χ2v) is 9.29. The fourth-order valence-corrected chi connectivity index (χ4v) is 5.00. The third kappa shape index (κ3) is 5.26. The molecule has 1 fully saturated rings. The molecule has 1 amide bonds. The molecule has 0 saturated carbocycles. The van der Waals surface area contributed by atoms with E-state index in [2.05, 4.69) is 48.4 Å². The fourth-order valence-electron chi connectivity index (χ4n) is 3.19. The highest BCUT2D eigenvalue weighted by Crippen LogP contribution is 2.25. The highest BCUT2D eigenvalue weighted by atomic mass is 32.2.